The molecule has 4 nitrogen and oxygen atoms in total. The van der Waals surface area contributed by atoms with Gasteiger partial charge in [-0.1, -0.05) is 13.8 Å². The van der Waals surface area contributed by atoms with Crippen molar-refractivity contribution in [1.29, 1.82) is 5.26 Å². The molecular formula is C13H17N3O. The zero-order valence-electron chi connectivity index (χ0n) is 10.5. The van der Waals surface area contributed by atoms with Gasteiger partial charge in [0.15, 0.2) is 5.78 Å². The quantitative estimate of drug-likeness (QED) is 0.577. The third kappa shape index (κ3) is 3.04. The van der Waals surface area contributed by atoms with E-state index in [0.717, 1.165) is 18.5 Å². The number of aromatic nitrogens is 2. The number of nitrogens with zero attached hydrogens (tertiary/aromatic N) is 3. The lowest BCUT2D eigenvalue weighted by Crippen LogP contribution is -2.14. The Morgan fingerprint density at radius 1 is 1.59 bits per heavy atom. The van der Waals surface area contributed by atoms with E-state index in [4.69, 9.17) is 5.26 Å². The molecule has 1 heterocycles. The van der Waals surface area contributed by atoms with Crippen LogP contribution in [0.15, 0.2) is 17.8 Å². The second-order valence-corrected chi connectivity index (χ2v) is 3.93. The summed E-state index contributed by atoms with van der Waals surface area (Å²) in [5.74, 6) is -0.132. The Bertz CT molecular complexity index is 461. The number of Topliss-reactive ketones (excluding diaryl/α,β-unsaturated/α-hetero) is 1. The largest absolute Gasteiger partial charge is 0.293 e. The van der Waals surface area contributed by atoms with Crippen LogP contribution in [-0.2, 0) is 11.8 Å². The van der Waals surface area contributed by atoms with Gasteiger partial charge in [0.05, 0.1) is 11.3 Å². The van der Waals surface area contributed by atoms with Crippen molar-refractivity contribution in [2.75, 3.05) is 0 Å². The van der Waals surface area contributed by atoms with Crippen LogP contribution in [0.4, 0.5) is 0 Å². The standard InChI is InChI=1S/C13H17N3O/c1-4-10(5-2)13(17)11(9-14)8-12-6-7-15-16(12)3/h6-8,10H,4-5H2,1-3H3. The van der Waals surface area contributed by atoms with Crippen molar-refractivity contribution in [3.8, 4) is 6.07 Å². The van der Waals surface area contributed by atoms with Crippen LogP contribution in [0.2, 0.25) is 0 Å². The summed E-state index contributed by atoms with van der Waals surface area (Å²) in [5.41, 5.74) is 0.975. The van der Waals surface area contributed by atoms with E-state index >= 15 is 0 Å². The van der Waals surface area contributed by atoms with Crippen LogP contribution in [0, 0.1) is 17.2 Å². The molecule has 0 amide bonds. The first-order valence-electron chi connectivity index (χ1n) is 5.78. The molecular weight excluding hydrogens is 214 g/mol. The van der Waals surface area contributed by atoms with Gasteiger partial charge < -0.3 is 0 Å². The van der Waals surface area contributed by atoms with Crippen molar-refractivity contribution in [1.82, 2.24) is 9.78 Å². The Balaban J connectivity index is 3.01. The number of hydrogen-bond acceptors (Lipinski definition) is 3. The minimum absolute atomic E-state index is 0.0610. The van der Waals surface area contributed by atoms with Gasteiger partial charge in [-0.15, -0.1) is 0 Å². The minimum atomic E-state index is -0.0706. The zero-order valence-corrected chi connectivity index (χ0v) is 10.5. The van der Waals surface area contributed by atoms with E-state index in [1.54, 1.807) is 30.1 Å². The number of nitriles is 1. The molecule has 17 heavy (non-hydrogen) atoms. The predicted octanol–water partition coefficient (Wildman–Crippen LogP) is 2.33. The van der Waals surface area contributed by atoms with Gasteiger partial charge in [0.2, 0.25) is 0 Å². The first-order chi connectivity index (χ1) is 8.13. The highest BCUT2D eigenvalue weighted by Crippen LogP contribution is 2.16. The molecule has 0 saturated carbocycles. The van der Waals surface area contributed by atoms with Gasteiger partial charge in [-0.25, -0.2) is 0 Å². The summed E-state index contributed by atoms with van der Waals surface area (Å²) in [7, 11) is 1.78. The fourth-order valence-electron chi connectivity index (χ4n) is 1.71. The summed E-state index contributed by atoms with van der Waals surface area (Å²) in [6.45, 7) is 3.93. The molecule has 1 rings (SSSR count). The molecule has 0 aliphatic rings. The first kappa shape index (κ1) is 13.2. The molecule has 1 aromatic rings. The summed E-state index contributed by atoms with van der Waals surface area (Å²) in [5, 5.41) is 13.1. The topological polar surface area (TPSA) is 58.7 Å². The van der Waals surface area contributed by atoms with E-state index in [2.05, 4.69) is 5.10 Å². The van der Waals surface area contributed by atoms with E-state index < -0.39 is 0 Å². The van der Waals surface area contributed by atoms with Crippen LogP contribution >= 0.6 is 0 Å². The summed E-state index contributed by atoms with van der Waals surface area (Å²) in [6, 6.07) is 3.76. The molecule has 0 aromatic carbocycles. The number of carbonyl (C=O) groups excluding carboxylic acids is 1. The molecule has 1 aromatic heterocycles. The van der Waals surface area contributed by atoms with E-state index in [9.17, 15) is 4.79 Å². The highest BCUT2D eigenvalue weighted by atomic mass is 16.1. The molecule has 0 aliphatic carbocycles. The Morgan fingerprint density at radius 2 is 2.24 bits per heavy atom. The molecule has 0 N–H and O–H groups in total. The van der Waals surface area contributed by atoms with Gasteiger partial charge in [0.25, 0.3) is 0 Å². The van der Waals surface area contributed by atoms with Gasteiger partial charge >= 0.3 is 0 Å². The average Bonchev–Trinajstić information content (AvgIpc) is 2.73. The highest BCUT2D eigenvalue weighted by molar-refractivity contribution is 6.04. The molecule has 0 atom stereocenters. The van der Waals surface area contributed by atoms with Crippen molar-refractivity contribution >= 4 is 11.9 Å². The fourth-order valence-corrected chi connectivity index (χ4v) is 1.71. The maximum atomic E-state index is 12.1. The average molecular weight is 231 g/mol. The van der Waals surface area contributed by atoms with E-state index in [0.29, 0.717) is 0 Å². The van der Waals surface area contributed by atoms with Gasteiger partial charge in [0, 0.05) is 19.2 Å². The molecule has 0 spiro atoms. The monoisotopic (exact) mass is 231 g/mol. The molecule has 4 heteroatoms. The van der Waals surface area contributed by atoms with Gasteiger partial charge in [-0.2, -0.15) is 10.4 Å². The molecule has 0 unspecified atom stereocenters. The third-order valence-electron chi connectivity index (χ3n) is 2.89. The third-order valence-corrected chi connectivity index (χ3v) is 2.89. The number of allylic oxidation sites excluding steroid dienone is 1. The highest BCUT2D eigenvalue weighted by Gasteiger charge is 2.18. The summed E-state index contributed by atoms with van der Waals surface area (Å²) >= 11 is 0. The summed E-state index contributed by atoms with van der Waals surface area (Å²) in [6.07, 6.45) is 4.77. The van der Waals surface area contributed by atoms with Gasteiger partial charge in [-0.05, 0) is 25.0 Å². The normalized spacial score (nSPS) is 11.6. The van der Waals surface area contributed by atoms with Gasteiger partial charge in [-0.3, -0.25) is 9.48 Å². The van der Waals surface area contributed by atoms with Crippen LogP contribution in [0.1, 0.15) is 32.4 Å². The molecule has 90 valence electrons. The fraction of sp³-hybridized carbons (Fsp3) is 0.462. The van der Waals surface area contributed by atoms with Crippen LogP contribution in [0.3, 0.4) is 0 Å². The number of aryl methyl sites for hydroxylation is 1. The molecule has 0 radical (unpaired) electrons. The van der Waals surface area contributed by atoms with Crippen LogP contribution < -0.4 is 0 Å². The number of hydrogen-bond donors (Lipinski definition) is 0. The smallest absolute Gasteiger partial charge is 0.176 e. The first-order valence-corrected chi connectivity index (χ1v) is 5.78. The van der Waals surface area contributed by atoms with Crippen molar-refractivity contribution in [2.45, 2.75) is 26.7 Å². The second-order valence-electron chi connectivity index (χ2n) is 3.93. The van der Waals surface area contributed by atoms with E-state index in [1.165, 1.54) is 0 Å². The SMILES string of the molecule is CCC(CC)C(=O)C(C#N)=Cc1ccnn1C. The van der Waals surface area contributed by atoms with Crippen molar-refractivity contribution < 1.29 is 4.79 Å². The number of ketones is 1. The van der Waals surface area contributed by atoms with Crippen LogP contribution in [0.5, 0.6) is 0 Å². The summed E-state index contributed by atoms with van der Waals surface area (Å²) in [4.78, 5) is 12.1. The maximum absolute atomic E-state index is 12.1. The zero-order chi connectivity index (χ0) is 12.8. The van der Waals surface area contributed by atoms with Crippen molar-refractivity contribution in [2.24, 2.45) is 13.0 Å². The lowest BCUT2D eigenvalue weighted by atomic mass is 9.93. The predicted molar refractivity (Wildman–Crippen MR) is 65.9 cm³/mol. The Morgan fingerprint density at radius 3 is 2.65 bits per heavy atom. The van der Waals surface area contributed by atoms with Crippen LogP contribution in [-0.4, -0.2) is 15.6 Å². The van der Waals surface area contributed by atoms with E-state index in [1.807, 2.05) is 19.9 Å². The van der Waals surface area contributed by atoms with E-state index in [-0.39, 0.29) is 17.3 Å². The minimum Gasteiger partial charge on any atom is -0.293 e. The second kappa shape index (κ2) is 6.00. The number of carbonyl (C=O) groups is 1. The lowest BCUT2D eigenvalue weighted by molar-refractivity contribution is -0.118. The molecule has 0 fully saturated rings. The lowest BCUT2D eigenvalue weighted by Gasteiger charge is -2.09. The van der Waals surface area contributed by atoms with Gasteiger partial charge in [0.1, 0.15) is 6.07 Å². The molecule has 0 saturated heterocycles. The van der Waals surface area contributed by atoms with Crippen LogP contribution in [0.25, 0.3) is 6.08 Å². The molecule has 0 aliphatic heterocycles. The number of rotatable bonds is 5. The Labute approximate surface area is 102 Å². The van der Waals surface area contributed by atoms with Crippen molar-refractivity contribution in [3.05, 3.63) is 23.5 Å². The Kier molecular flexibility index (Phi) is 4.65. The summed E-state index contributed by atoms with van der Waals surface area (Å²) < 4.78 is 1.64. The maximum Gasteiger partial charge on any atom is 0.176 e. The van der Waals surface area contributed by atoms with Crippen molar-refractivity contribution in [3.63, 3.8) is 0 Å². The molecule has 0 bridgehead atoms. The Hall–Kier alpha value is -1.89.